The van der Waals surface area contributed by atoms with Crippen LogP contribution in [0, 0.1) is 0 Å². The molecular weight excluding hydrogens is 434 g/mol. The maximum atomic E-state index is 12.7. The summed E-state index contributed by atoms with van der Waals surface area (Å²) < 4.78 is 0.462. The number of benzene rings is 2. The van der Waals surface area contributed by atoms with Crippen LogP contribution in [0.25, 0.3) is 6.08 Å². The lowest BCUT2D eigenvalue weighted by molar-refractivity contribution is -0.137. The molecule has 1 aliphatic rings. The van der Waals surface area contributed by atoms with Crippen molar-refractivity contribution in [2.24, 2.45) is 0 Å². The molecule has 1 fully saturated rings. The van der Waals surface area contributed by atoms with E-state index in [0.717, 1.165) is 15.4 Å². The van der Waals surface area contributed by atoms with Gasteiger partial charge in [0.25, 0.3) is 5.91 Å². The fourth-order valence-electron chi connectivity index (χ4n) is 2.54. The molecule has 0 atom stereocenters. The number of carboxylic acids is 1. The molecule has 1 N–H and O–H groups in total. The Morgan fingerprint density at radius 1 is 1.21 bits per heavy atom. The molecule has 1 aliphatic heterocycles. The number of thiocarbonyl (C=S) groups is 1. The highest BCUT2D eigenvalue weighted by Crippen LogP contribution is 2.36. The fourth-order valence-corrected chi connectivity index (χ4v) is 4.89. The molecule has 0 radical (unpaired) electrons. The number of thioether (sulfide) groups is 1. The molecule has 2 aromatic carbocycles. The molecule has 3 rings (SSSR count). The van der Waals surface area contributed by atoms with Crippen LogP contribution in [-0.2, 0) is 9.59 Å². The summed E-state index contributed by atoms with van der Waals surface area (Å²) in [5, 5.41) is 9.45. The highest BCUT2D eigenvalue weighted by atomic mass is 35.5. The number of nitrogens with zero attached hydrogens (tertiary/aromatic N) is 1. The van der Waals surface area contributed by atoms with Gasteiger partial charge in [-0.3, -0.25) is 14.5 Å². The van der Waals surface area contributed by atoms with Crippen LogP contribution in [-0.4, -0.2) is 32.7 Å². The Kier molecular flexibility index (Phi) is 7.18. The first-order valence-electron chi connectivity index (χ1n) is 8.43. The van der Waals surface area contributed by atoms with Gasteiger partial charge in [0.2, 0.25) is 0 Å². The first-order valence-corrected chi connectivity index (χ1v) is 10.9. The molecule has 0 bridgehead atoms. The van der Waals surface area contributed by atoms with Crippen molar-refractivity contribution in [3.8, 4) is 0 Å². The smallest absolute Gasteiger partial charge is 0.303 e. The number of amides is 1. The summed E-state index contributed by atoms with van der Waals surface area (Å²) in [7, 11) is 0. The summed E-state index contributed by atoms with van der Waals surface area (Å²) in [4.78, 5) is 27.5. The summed E-state index contributed by atoms with van der Waals surface area (Å²) in [5.41, 5.74) is 0.925. The molecule has 0 aromatic heterocycles. The maximum absolute atomic E-state index is 12.7. The van der Waals surface area contributed by atoms with Crippen LogP contribution >= 0.6 is 47.3 Å². The molecule has 1 amide bonds. The molecule has 8 heteroatoms. The topological polar surface area (TPSA) is 57.6 Å². The van der Waals surface area contributed by atoms with Crippen molar-refractivity contribution < 1.29 is 14.7 Å². The third-order valence-corrected chi connectivity index (χ3v) is 6.62. The third-order valence-electron chi connectivity index (χ3n) is 3.89. The minimum atomic E-state index is -0.880. The highest BCUT2D eigenvalue weighted by molar-refractivity contribution is 8.26. The average Bonchev–Trinajstić information content (AvgIpc) is 2.92. The molecule has 1 heterocycles. The van der Waals surface area contributed by atoms with Crippen molar-refractivity contribution in [2.75, 3.05) is 6.54 Å². The second kappa shape index (κ2) is 9.60. The van der Waals surface area contributed by atoms with Gasteiger partial charge in [-0.15, -0.1) is 0 Å². The number of carbonyl (C=O) groups excluding carboxylic acids is 1. The number of halogens is 1. The van der Waals surface area contributed by atoms with Crippen LogP contribution in [0.1, 0.15) is 18.4 Å². The van der Waals surface area contributed by atoms with Gasteiger partial charge in [-0.2, -0.15) is 0 Å². The quantitative estimate of drug-likeness (QED) is 0.441. The molecule has 28 heavy (non-hydrogen) atoms. The van der Waals surface area contributed by atoms with Crippen LogP contribution < -0.4 is 0 Å². The van der Waals surface area contributed by atoms with Crippen molar-refractivity contribution in [3.63, 3.8) is 0 Å². The van der Waals surface area contributed by atoms with Gasteiger partial charge in [0, 0.05) is 27.8 Å². The number of hydrogen-bond donors (Lipinski definition) is 1. The Labute approximate surface area is 181 Å². The van der Waals surface area contributed by atoms with Crippen molar-refractivity contribution in [1.29, 1.82) is 0 Å². The maximum Gasteiger partial charge on any atom is 0.303 e. The van der Waals surface area contributed by atoms with Gasteiger partial charge in [0.1, 0.15) is 4.32 Å². The summed E-state index contributed by atoms with van der Waals surface area (Å²) in [6, 6.07) is 15.4. The molecule has 144 valence electrons. The Balaban J connectivity index is 1.78. The van der Waals surface area contributed by atoms with Crippen LogP contribution in [0.3, 0.4) is 0 Å². The van der Waals surface area contributed by atoms with E-state index in [4.69, 9.17) is 28.9 Å². The predicted octanol–water partition coefficient (Wildman–Crippen LogP) is 5.56. The summed E-state index contributed by atoms with van der Waals surface area (Å²) >= 11 is 14.1. The normalized spacial score (nSPS) is 15.5. The minimum Gasteiger partial charge on any atom is -0.481 e. The lowest BCUT2D eigenvalue weighted by Gasteiger charge is -2.13. The zero-order valence-corrected chi connectivity index (χ0v) is 17.8. The predicted molar refractivity (Wildman–Crippen MR) is 119 cm³/mol. The number of carboxylic acid groups (broad SMARTS) is 1. The number of aliphatic carboxylic acids is 1. The minimum absolute atomic E-state index is 0.0106. The van der Waals surface area contributed by atoms with Crippen LogP contribution in [0.15, 0.2) is 63.2 Å². The lowest BCUT2D eigenvalue weighted by atomic mass is 10.2. The van der Waals surface area contributed by atoms with Gasteiger partial charge in [0.05, 0.1) is 4.91 Å². The molecule has 0 aliphatic carbocycles. The number of carbonyl (C=O) groups is 2. The van der Waals surface area contributed by atoms with Gasteiger partial charge in [-0.25, -0.2) is 0 Å². The van der Waals surface area contributed by atoms with Gasteiger partial charge in [-0.1, -0.05) is 65.5 Å². The summed E-state index contributed by atoms with van der Waals surface area (Å²) in [6.45, 7) is 0.315. The van der Waals surface area contributed by atoms with E-state index in [0.29, 0.717) is 27.2 Å². The molecule has 4 nitrogen and oxygen atoms in total. The second-order valence-corrected chi connectivity index (χ2v) is 9.15. The zero-order chi connectivity index (χ0) is 20.1. The van der Waals surface area contributed by atoms with Crippen molar-refractivity contribution in [2.45, 2.75) is 22.6 Å². The SMILES string of the molecule is O=C(O)CCCN1C(=O)C(=Cc2ccccc2Sc2ccc(Cl)cc2)SC1=S. The van der Waals surface area contributed by atoms with Crippen LogP contribution in [0.2, 0.25) is 5.02 Å². The molecular formula is C20H16ClNO3S3. The van der Waals surface area contributed by atoms with Crippen LogP contribution in [0.4, 0.5) is 0 Å². The highest BCUT2D eigenvalue weighted by Gasteiger charge is 2.31. The van der Waals surface area contributed by atoms with Gasteiger partial charge in [0.15, 0.2) is 0 Å². The first kappa shape index (κ1) is 20.9. The van der Waals surface area contributed by atoms with E-state index in [1.807, 2.05) is 54.6 Å². The third kappa shape index (κ3) is 5.38. The van der Waals surface area contributed by atoms with E-state index < -0.39 is 5.97 Å². The van der Waals surface area contributed by atoms with Crippen molar-refractivity contribution in [3.05, 3.63) is 64.0 Å². The Morgan fingerprint density at radius 3 is 2.64 bits per heavy atom. The van der Waals surface area contributed by atoms with E-state index >= 15 is 0 Å². The molecule has 2 aromatic rings. The zero-order valence-electron chi connectivity index (χ0n) is 14.6. The van der Waals surface area contributed by atoms with E-state index in [1.165, 1.54) is 16.7 Å². The molecule has 0 unspecified atom stereocenters. The monoisotopic (exact) mass is 449 g/mol. The van der Waals surface area contributed by atoms with Gasteiger partial charge < -0.3 is 5.11 Å². The van der Waals surface area contributed by atoms with E-state index in [9.17, 15) is 9.59 Å². The fraction of sp³-hybridized carbons (Fsp3) is 0.150. The Morgan fingerprint density at radius 2 is 1.93 bits per heavy atom. The lowest BCUT2D eigenvalue weighted by Crippen LogP contribution is -2.29. The summed E-state index contributed by atoms with van der Waals surface area (Å²) in [5.74, 6) is -1.05. The van der Waals surface area contributed by atoms with Crippen LogP contribution in [0.5, 0.6) is 0 Å². The Bertz CT molecular complexity index is 944. The Hall–Kier alpha value is -1.80. The van der Waals surface area contributed by atoms with E-state index in [-0.39, 0.29) is 12.3 Å². The first-order chi connectivity index (χ1) is 13.4. The standard InChI is InChI=1S/C20H16ClNO3S3/c21-14-7-9-15(10-8-14)27-16-5-2-1-4-13(16)12-17-19(25)22(20(26)28-17)11-3-6-18(23)24/h1-2,4-5,7-10,12H,3,6,11H2,(H,23,24). The average molecular weight is 450 g/mol. The van der Waals surface area contributed by atoms with E-state index in [2.05, 4.69) is 0 Å². The van der Waals surface area contributed by atoms with Gasteiger partial charge in [-0.05, 0) is 48.4 Å². The largest absolute Gasteiger partial charge is 0.481 e. The van der Waals surface area contributed by atoms with Gasteiger partial charge >= 0.3 is 5.97 Å². The molecule has 0 spiro atoms. The van der Waals surface area contributed by atoms with Crippen molar-refractivity contribution >= 4 is 69.6 Å². The number of hydrogen-bond acceptors (Lipinski definition) is 5. The summed E-state index contributed by atoms with van der Waals surface area (Å²) in [6.07, 6.45) is 2.23. The second-order valence-electron chi connectivity index (χ2n) is 5.92. The van der Waals surface area contributed by atoms with E-state index in [1.54, 1.807) is 11.8 Å². The molecule has 1 saturated heterocycles. The number of rotatable bonds is 7. The molecule has 0 saturated carbocycles. The van der Waals surface area contributed by atoms with Crippen molar-refractivity contribution in [1.82, 2.24) is 4.90 Å².